The maximum atomic E-state index is 12.8. The van der Waals surface area contributed by atoms with E-state index < -0.39 is 11.5 Å². The lowest BCUT2D eigenvalue weighted by atomic mass is 10.1. The van der Waals surface area contributed by atoms with Crippen molar-refractivity contribution in [2.45, 2.75) is 20.1 Å². The van der Waals surface area contributed by atoms with Gasteiger partial charge in [0.15, 0.2) is 18.1 Å². The summed E-state index contributed by atoms with van der Waals surface area (Å²) in [5.74, 6) is 0.0822. The smallest absolute Gasteiger partial charge is 0.269 e. The molecule has 2 aromatic rings. The monoisotopic (exact) mass is 589 g/mol. The molecule has 3 rings (SSSR count). The van der Waals surface area contributed by atoms with Crippen molar-refractivity contribution in [2.75, 3.05) is 47.1 Å². The van der Waals surface area contributed by atoms with Gasteiger partial charge in [-0.2, -0.15) is 10.4 Å². The lowest BCUT2D eigenvalue weighted by molar-refractivity contribution is -0.137. The van der Waals surface area contributed by atoms with E-state index in [1.54, 1.807) is 30.0 Å². The Kier molecular flexibility index (Phi) is 10.4. The van der Waals surface area contributed by atoms with Crippen LogP contribution in [0.3, 0.4) is 0 Å². The third kappa shape index (κ3) is 6.97. The number of nitrogens with one attached hydrogen (secondary N) is 1. The number of pyridine rings is 1. The standard InChI is InChI=1S/C25H28BrN5O7/c1-16-24(26)19(14-35-2)18(11-27)25(34)31(16)13-22(32)29-28-12-17-4-5-20(21(10-17)36-3)38-15-23(33)30-6-8-37-9-7-30/h4-5,10,12H,6-9,13-15H2,1-3H3,(H,29,32)/b28-12-. The van der Waals surface area contributed by atoms with Gasteiger partial charge in [0.1, 0.15) is 18.2 Å². The van der Waals surface area contributed by atoms with Crippen LogP contribution in [-0.4, -0.2) is 74.6 Å². The number of halogens is 1. The molecule has 2 amide bonds. The van der Waals surface area contributed by atoms with Crippen molar-refractivity contribution in [3.05, 3.63) is 55.4 Å². The quantitative estimate of drug-likeness (QED) is 0.323. The topological polar surface area (TPSA) is 144 Å². The fourth-order valence-electron chi connectivity index (χ4n) is 3.73. The van der Waals surface area contributed by atoms with Crippen LogP contribution in [0, 0.1) is 18.3 Å². The molecule has 38 heavy (non-hydrogen) atoms. The molecule has 1 N–H and O–H groups in total. The van der Waals surface area contributed by atoms with E-state index in [-0.39, 0.29) is 31.2 Å². The highest BCUT2D eigenvalue weighted by atomic mass is 79.9. The van der Waals surface area contributed by atoms with Gasteiger partial charge in [-0.05, 0) is 46.6 Å². The number of hydrogen-bond donors (Lipinski definition) is 1. The maximum Gasteiger partial charge on any atom is 0.269 e. The van der Waals surface area contributed by atoms with Gasteiger partial charge < -0.3 is 28.4 Å². The molecule has 0 radical (unpaired) electrons. The van der Waals surface area contributed by atoms with Gasteiger partial charge in [0.25, 0.3) is 17.4 Å². The summed E-state index contributed by atoms with van der Waals surface area (Å²) in [6, 6.07) is 6.86. The fraction of sp³-hybridized carbons (Fsp3) is 0.400. The highest BCUT2D eigenvalue weighted by molar-refractivity contribution is 9.10. The van der Waals surface area contributed by atoms with Crippen molar-refractivity contribution in [1.82, 2.24) is 14.9 Å². The fourth-order valence-corrected chi connectivity index (χ4v) is 4.26. The molecule has 0 bridgehead atoms. The second-order valence-corrected chi connectivity index (χ2v) is 8.97. The van der Waals surface area contributed by atoms with Crippen LogP contribution in [-0.2, 0) is 32.2 Å². The Morgan fingerprint density at radius 1 is 1.26 bits per heavy atom. The van der Waals surface area contributed by atoms with Gasteiger partial charge in [0.2, 0.25) is 0 Å². The molecule has 1 aromatic carbocycles. The first-order valence-corrected chi connectivity index (χ1v) is 12.4. The minimum Gasteiger partial charge on any atom is -0.493 e. The van der Waals surface area contributed by atoms with Gasteiger partial charge >= 0.3 is 0 Å². The minimum atomic E-state index is -0.591. The van der Waals surface area contributed by atoms with Crippen molar-refractivity contribution >= 4 is 34.0 Å². The molecule has 1 aliphatic rings. The van der Waals surface area contributed by atoms with E-state index in [1.807, 2.05) is 6.07 Å². The predicted molar refractivity (Wildman–Crippen MR) is 140 cm³/mol. The summed E-state index contributed by atoms with van der Waals surface area (Å²) in [6.45, 7) is 3.35. The molecule has 12 nitrogen and oxygen atoms in total. The molecule has 13 heteroatoms. The van der Waals surface area contributed by atoms with E-state index >= 15 is 0 Å². The summed E-state index contributed by atoms with van der Waals surface area (Å²) >= 11 is 3.39. The molecular formula is C25H28BrN5O7. The Labute approximate surface area is 227 Å². The van der Waals surface area contributed by atoms with Crippen LogP contribution in [0.2, 0.25) is 0 Å². The number of carbonyl (C=O) groups excluding carboxylic acids is 2. The van der Waals surface area contributed by atoms with Gasteiger partial charge in [-0.3, -0.25) is 14.4 Å². The number of benzene rings is 1. The van der Waals surface area contributed by atoms with E-state index in [2.05, 4.69) is 26.5 Å². The number of hydrogen-bond acceptors (Lipinski definition) is 9. The van der Waals surface area contributed by atoms with Gasteiger partial charge in [0, 0.05) is 35.9 Å². The molecule has 2 heterocycles. The van der Waals surface area contributed by atoms with E-state index in [9.17, 15) is 19.6 Å². The Morgan fingerprint density at radius 3 is 2.66 bits per heavy atom. The average molecular weight is 590 g/mol. The lowest BCUT2D eigenvalue weighted by Gasteiger charge is -2.26. The first-order valence-electron chi connectivity index (χ1n) is 11.6. The molecule has 1 saturated heterocycles. The Morgan fingerprint density at radius 2 is 2.00 bits per heavy atom. The number of morpholine rings is 1. The Balaban J connectivity index is 1.63. The van der Waals surface area contributed by atoms with E-state index in [4.69, 9.17) is 18.9 Å². The second-order valence-electron chi connectivity index (χ2n) is 8.17. The molecule has 1 fully saturated rings. The first kappa shape index (κ1) is 28.8. The normalized spacial score (nSPS) is 13.3. The zero-order valence-electron chi connectivity index (χ0n) is 21.3. The Bertz CT molecular complexity index is 1310. The Hall–Kier alpha value is -3.73. The van der Waals surface area contributed by atoms with Crippen LogP contribution in [0.1, 0.15) is 22.4 Å². The molecular weight excluding hydrogens is 562 g/mol. The zero-order chi connectivity index (χ0) is 27.7. The van der Waals surface area contributed by atoms with Gasteiger partial charge in [0.05, 0.1) is 33.1 Å². The van der Waals surface area contributed by atoms with Crippen LogP contribution in [0.25, 0.3) is 0 Å². The highest BCUT2D eigenvalue weighted by Crippen LogP contribution is 2.27. The lowest BCUT2D eigenvalue weighted by Crippen LogP contribution is -2.43. The third-order valence-electron chi connectivity index (χ3n) is 5.76. The van der Waals surface area contributed by atoms with Crippen molar-refractivity contribution in [2.24, 2.45) is 5.10 Å². The SMILES string of the molecule is COCc1c(Br)c(C)n(CC(=O)N/N=C\c2ccc(OCC(=O)N3CCOCC3)c(OC)c2)c(=O)c1C#N. The average Bonchev–Trinajstić information content (AvgIpc) is 2.93. The van der Waals surface area contributed by atoms with E-state index in [1.165, 1.54) is 25.0 Å². The number of hydrazone groups is 1. The molecule has 0 aliphatic carbocycles. The van der Waals surface area contributed by atoms with E-state index in [0.29, 0.717) is 59.1 Å². The highest BCUT2D eigenvalue weighted by Gasteiger charge is 2.20. The van der Waals surface area contributed by atoms with Crippen LogP contribution < -0.4 is 20.5 Å². The number of aromatic nitrogens is 1. The number of nitriles is 1. The predicted octanol–water partition coefficient (Wildman–Crippen LogP) is 1.33. The second kappa shape index (κ2) is 13.7. The van der Waals surface area contributed by atoms with Crippen molar-refractivity contribution in [3.63, 3.8) is 0 Å². The molecule has 0 saturated carbocycles. The summed E-state index contributed by atoms with van der Waals surface area (Å²) < 4.78 is 23.1. The number of rotatable bonds is 10. The van der Waals surface area contributed by atoms with Crippen LogP contribution in [0.4, 0.5) is 0 Å². The summed E-state index contributed by atoms with van der Waals surface area (Å²) in [5.41, 5.74) is 3.20. The maximum absolute atomic E-state index is 12.8. The molecule has 0 spiro atoms. The molecule has 0 atom stereocenters. The third-order valence-corrected chi connectivity index (χ3v) is 6.81. The van der Waals surface area contributed by atoms with Gasteiger partial charge in [-0.15, -0.1) is 0 Å². The van der Waals surface area contributed by atoms with Crippen LogP contribution in [0.15, 0.2) is 32.6 Å². The number of methoxy groups -OCH3 is 2. The van der Waals surface area contributed by atoms with Gasteiger partial charge in [-0.1, -0.05) is 0 Å². The molecule has 1 aliphatic heterocycles. The number of nitrogens with zero attached hydrogens (tertiary/aromatic N) is 4. The van der Waals surface area contributed by atoms with Crippen molar-refractivity contribution in [1.29, 1.82) is 5.26 Å². The minimum absolute atomic E-state index is 0.0777. The van der Waals surface area contributed by atoms with Gasteiger partial charge in [-0.25, -0.2) is 5.43 Å². The summed E-state index contributed by atoms with van der Waals surface area (Å²) in [7, 11) is 2.93. The largest absolute Gasteiger partial charge is 0.493 e. The summed E-state index contributed by atoms with van der Waals surface area (Å²) in [5, 5.41) is 13.4. The molecule has 202 valence electrons. The number of carbonyl (C=O) groups is 2. The van der Waals surface area contributed by atoms with Crippen LogP contribution in [0.5, 0.6) is 11.5 Å². The first-order chi connectivity index (χ1) is 18.3. The van der Waals surface area contributed by atoms with Crippen molar-refractivity contribution in [3.8, 4) is 17.6 Å². The number of amides is 2. The van der Waals surface area contributed by atoms with Crippen LogP contribution >= 0.6 is 15.9 Å². The van der Waals surface area contributed by atoms with E-state index in [0.717, 1.165) is 0 Å². The summed E-state index contributed by atoms with van der Waals surface area (Å²) in [6.07, 6.45) is 1.40. The van der Waals surface area contributed by atoms with Crippen molar-refractivity contribution < 1.29 is 28.5 Å². The molecule has 0 unspecified atom stereocenters. The molecule has 1 aromatic heterocycles. The number of ether oxygens (including phenoxy) is 4. The zero-order valence-corrected chi connectivity index (χ0v) is 22.9. The summed E-state index contributed by atoms with van der Waals surface area (Å²) in [4.78, 5) is 39.3.